The first-order valence-corrected chi connectivity index (χ1v) is 6.72. The topological polar surface area (TPSA) is 80.4 Å². The number of nitrogens with zero attached hydrogens (tertiary/aromatic N) is 4. The number of aliphatic carboxylic acids is 1. The smallest absolute Gasteiger partial charge is 0.311 e. The van der Waals surface area contributed by atoms with E-state index in [1.165, 1.54) is 16.8 Å². The van der Waals surface area contributed by atoms with Gasteiger partial charge in [-0.2, -0.15) is 9.50 Å². The van der Waals surface area contributed by atoms with Crippen molar-refractivity contribution in [2.45, 2.75) is 6.42 Å². The molecule has 0 fully saturated rings. The Bertz CT molecular complexity index is 849. The van der Waals surface area contributed by atoms with Gasteiger partial charge in [-0.15, -0.1) is 5.10 Å². The largest absolute Gasteiger partial charge is 0.481 e. The number of aromatic nitrogens is 4. The van der Waals surface area contributed by atoms with Crippen LogP contribution in [0.25, 0.3) is 17.0 Å². The molecule has 0 saturated carbocycles. The number of hydrogen-bond acceptors (Lipinski definition) is 4. The van der Waals surface area contributed by atoms with Crippen LogP contribution in [0, 0.1) is 5.82 Å². The van der Waals surface area contributed by atoms with Crippen molar-refractivity contribution in [3.8, 4) is 11.3 Å². The van der Waals surface area contributed by atoms with Crippen LogP contribution in [0.1, 0.15) is 5.82 Å². The van der Waals surface area contributed by atoms with Crippen molar-refractivity contribution in [1.82, 2.24) is 19.6 Å². The van der Waals surface area contributed by atoms with Gasteiger partial charge in [0.05, 0.1) is 5.69 Å². The van der Waals surface area contributed by atoms with Crippen molar-refractivity contribution < 1.29 is 14.3 Å². The molecule has 0 atom stereocenters. The molecule has 106 valence electrons. The molecule has 0 radical (unpaired) electrons. The molecule has 21 heavy (non-hydrogen) atoms. The van der Waals surface area contributed by atoms with Gasteiger partial charge in [-0.25, -0.2) is 9.37 Å². The third-order valence-electron chi connectivity index (χ3n) is 2.80. The molecule has 1 N–H and O–H groups in total. The fraction of sp³-hybridized carbons (Fsp3) is 0.0769. The number of fused-ring (bicyclic) bond motifs is 1. The van der Waals surface area contributed by atoms with Crippen LogP contribution in [0.4, 0.5) is 4.39 Å². The second-order valence-corrected chi connectivity index (χ2v) is 5.18. The number of halogens is 2. The zero-order chi connectivity index (χ0) is 15.0. The van der Waals surface area contributed by atoms with Crippen LogP contribution in [0.3, 0.4) is 0 Å². The summed E-state index contributed by atoms with van der Waals surface area (Å²) in [7, 11) is 0. The van der Waals surface area contributed by atoms with E-state index in [-0.39, 0.29) is 18.0 Å². The Balaban J connectivity index is 2.18. The Labute approximate surface area is 126 Å². The van der Waals surface area contributed by atoms with Crippen LogP contribution in [0.15, 0.2) is 34.9 Å². The lowest BCUT2D eigenvalue weighted by molar-refractivity contribution is -0.136. The maximum absolute atomic E-state index is 14.1. The van der Waals surface area contributed by atoms with Gasteiger partial charge in [0, 0.05) is 16.2 Å². The van der Waals surface area contributed by atoms with E-state index in [0.29, 0.717) is 15.7 Å². The number of rotatable bonds is 3. The predicted molar refractivity (Wildman–Crippen MR) is 75.2 cm³/mol. The highest BCUT2D eigenvalue weighted by Gasteiger charge is 2.14. The van der Waals surface area contributed by atoms with Gasteiger partial charge in [-0.05, 0) is 24.3 Å². The van der Waals surface area contributed by atoms with Crippen LogP contribution >= 0.6 is 15.9 Å². The van der Waals surface area contributed by atoms with E-state index in [0.717, 1.165) is 0 Å². The standard InChI is InChI=1S/C13H8BrFN4O2/c14-7-1-2-8(9(15)5-7)10-3-4-16-13-17-11(6-12(20)21)18-19(10)13/h1-5H,6H2,(H,20,21). The summed E-state index contributed by atoms with van der Waals surface area (Å²) < 4.78 is 16.0. The van der Waals surface area contributed by atoms with E-state index in [1.54, 1.807) is 18.2 Å². The molecule has 6 nitrogen and oxygen atoms in total. The molecule has 0 aliphatic heterocycles. The first-order chi connectivity index (χ1) is 10.0. The van der Waals surface area contributed by atoms with Crippen molar-refractivity contribution in [1.29, 1.82) is 0 Å². The van der Waals surface area contributed by atoms with Gasteiger partial charge in [0.15, 0.2) is 5.82 Å². The van der Waals surface area contributed by atoms with Crippen LogP contribution in [-0.2, 0) is 11.2 Å². The summed E-state index contributed by atoms with van der Waals surface area (Å²) in [5.41, 5.74) is 0.784. The number of benzene rings is 1. The van der Waals surface area contributed by atoms with Crippen molar-refractivity contribution in [3.63, 3.8) is 0 Å². The number of carboxylic acids is 1. The highest BCUT2D eigenvalue weighted by Crippen LogP contribution is 2.25. The van der Waals surface area contributed by atoms with E-state index in [1.807, 2.05) is 0 Å². The minimum atomic E-state index is -1.04. The summed E-state index contributed by atoms with van der Waals surface area (Å²) in [6, 6.07) is 6.25. The predicted octanol–water partition coefficient (Wildman–Crippen LogP) is 2.32. The summed E-state index contributed by atoms with van der Waals surface area (Å²) >= 11 is 3.20. The van der Waals surface area contributed by atoms with Crippen molar-refractivity contribution in [2.75, 3.05) is 0 Å². The van der Waals surface area contributed by atoms with Crippen LogP contribution in [0.2, 0.25) is 0 Å². The molecule has 3 aromatic rings. The molecule has 1 aromatic carbocycles. The van der Waals surface area contributed by atoms with Gasteiger partial charge >= 0.3 is 5.97 Å². The Morgan fingerprint density at radius 3 is 2.90 bits per heavy atom. The van der Waals surface area contributed by atoms with E-state index in [2.05, 4.69) is 31.0 Å². The lowest BCUT2D eigenvalue weighted by Gasteiger charge is -2.05. The van der Waals surface area contributed by atoms with Gasteiger partial charge in [0.25, 0.3) is 5.78 Å². The lowest BCUT2D eigenvalue weighted by Crippen LogP contribution is -2.02. The highest BCUT2D eigenvalue weighted by atomic mass is 79.9. The molecular weight excluding hydrogens is 343 g/mol. The summed E-state index contributed by atoms with van der Waals surface area (Å²) in [5, 5.41) is 12.9. The monoisotopic (exact) mass is 350 g/mol. The van der Waals surface area contributed by atoms with E-state index < -0.39 is 11.8 Å². The fourth-order valence-corrected chi connectivity index (χ4v) is 2.28. The molecule has 0 saturated heterocycles. The molecule has 2 aromatic heterocycles. The molecular formula is C13H8BrFN4O2. The second-order valence-electron chi connectivity index (χ2n) is 4.26. The highest BCUT2D eigenvalue weighted by molar-refractivity contribution is 9.10. The van der Waals surface area contributed by atoms with Crippen molar-refractivity contribution in [3.05, 3.63) is 46.6 Å². The van der Waals surface area contributed by atoms with E-state index >= 15 is 0 Å². The second kappa shape index (κ2) is 5.21. The summed E-state index contributed by atoms with van der Waals surface area (Å²) in [6.45, 7) is 0. The first-order valence-electron chi connectivity index (χ1n) is 5.92. The Kier molecular flexibility index (Phi) is 3.38. The number of carboxylic acid groups (broad SMARTS) is 1. The van der Waals surface area contributed by atoms with Gasteiger partial charge in [-0.1, -0.05) is 15.9 Å². The Morgan fingerprint density at radius 1 is 1.38 bits per heavy atom. The molecule has 0 aliphatic rings. The third-order valence-corrected chi connectivity index (χ3v) is 3.29. The number of hydrogen-bond donors (Lipinski definition) is 1. The van der Waals surface area contributed by atoms with Crippen molar-refractivity contribution in [2.24, 2.45) is 0 Å². The molecule has 3 rings (SSSR count). The maximum Gasteiger partial charge on any atom is 0.311 e. The molecule has 8 heteroatoms. The van der Waals surface area contributed by atoms with Crippen LogP contribution in [-0.4, -0.2) is 30.7 Å². The van der Waals surface area contributed by atoms with Gasteiger partial charge < -0.3 is 5.11 Å². The fourth-order valence-electron chi connectivity index (χ4n) is 1.95. The minimum absolute atomic E-state index is 0.125. The third kappa shape index (κ3) is 2.62. The van der Waals surface area contributed by atoms with Gasteiger partial charge in [0.1, 0.15) is 12.2 Å². The van der Waals surface area contributed by atoms with Crippen LogP contribution < -0.4 is 0 Å². The number of carbonyl (C=O) groups is 1. The molecule has 0 amide bonds. The summed E-state index contributed by atoms with van der Waals surface area (Å²) in [4.78, 5) is 18.7. The lowest BCUT2D eigenvalue weighted by atomic mass is 10.1. The first kappa shape index (κ1) is 13.6. The minimum Gasteiger partial charge on any atom is -0.481 e. The molecule has 0 spiro atoms. The van der Waals surface area contributed by atoms with Gasteiger partial charge in [0.2, 0.25) is 0 Å². The molecule has 0 unspecified atom stereocenters. The molecule has 2 heterocycles. The average Bonchev–Trinajstić information content (AvgIpc) is 2.80. The zero-order valence-corrected chi connectivity index (χ0v) is 12.1. The van der Waals surface area contributed by atoms with Crippen molar-refractivity contribution >= 4 is 27.7 Å². The zero-order valence-electron chi connectivity index (χ0n) is 10.5. The Morgan fingerprint density at radius 2 is 2.19 bits per heavy atom. The average molecular weight is 351 g/mol. The quantitative estimate of drug-likeness (QED) is 0.783. The van der Waals surface area contributed by atoms with Gasteiger partial charge in [-0.3, -0.25) is 4.79 Å². The van der Waals surface area contributed by atoms with E-state index in [9.17, 15) is 9.18 Å². The normalized spacial score (nSPS) is 11.0. The van der Waals surface area contributed by atoms with E-state index in [4.69, 9.17) is 5.11 Å². The SMILES string of the molecule is O=C(O)Cc1nc2nccc(-c3ccc(Br)cc3F)n2n1. The molecule has 0 aliphatic carbocycles. The Hall–Kier alpha value is -2.35. The maximum atomic E-state index is 14.1. The summed E-state index contributed by atoms with van der Waals surface area (Å²) in [5.74, 6) is -1.11. The summed E-state index contributed by atoms with van der Waals surface area (Å²) in [6.07, 6.45) is 1.16. The van der Waals surface area contributed by atoms with Crippen LogP contribution in [0.5, 0.6) is 0 Å². The molecule has 0 bridgehead atoms.